The molecule has 0 heterocycles. The van der Waals surface area contributed by atoms with Crippen molar-refractivity contribution in [2.75, 3.05) is 17.2 Å². The van der Waals surface area contributed by atoms with Gasteiger partial charge in [-0.1, -0.05) is 29.8 Å². The molecule has 0 saturated carbocycles. The Bertz CT molecular complexity index is 1190. The normalized spacial score (nSPS) is 10.7. The van der Waals surface area contributed by atoms with E-state index in [1.165, 1.54) is 6.08 Å². The fourth-order valence-electron chi connectivity index (χ4n) is 2.62. The second kappa shape index (κ2) is 11.3. The van der Waals surface area contributed by atoms with Gasteiger partial charge in [0, 0.05) is 20.0 Å². The van der Waals surface area contributed by atoms with Crippen LogP contribution < -0.4 is 15.4 Å². The zero-order chi connectivity index (χ0) is 22.9. The molecule has 0 unspecified atom stereocenters. The number of carbonyl (C=O) groups is 2. The summed E-state index contributed by atoms with van der Waals surface area (Å²) in [6.07, 6.45) is 1.48. The van der Waals surface area contributed by atoms with E-state index >= 15 is 0 Å². The largest absolute Gasteiger partial charge is 0.484 e. The molecular formula is C24H17ClIN3O3. The first-order valence-electron chi connectivity index (χ1n) is 9.40. The Morgan fingerprint density at radius 2 is 1.72 bits per heavy atom. The number of amides is 2. The molecule has 3 aromatic carbocycles. The molecular weight excluding hydrogens is 541 g/mol. The molecule has 0 fully saturated rings. The molecule has 0 bridgehead atoms. The van der Waals surface area contributed by atoms with Crippen molar-refractivity contribution in [3.63, 3.8) is 0 Å². The summed E-state index contributed by atoms with van der Waals surface area (Å²) in [5.74, 6) is -0.341. The first kappa shape index (κ1) is 23.3. The topological polar surface area (TPSA) is 91.2 Å². The van der Waals surface area contributed by atoms with E-state index in [2.05, 4.69) is 33.2 Å². The minimum atomic E-state index is -0.494. The van der Waals surface area contributed by atoms with Gasteiger partial charge in [-0.25, -0.2) is 0 Å². The van der Waals surface area contributed by atoms with E-state index in [1.807, 2.05) is 18.2 Å². The molecule has 6 nitrogen and oxygen atoms in total. The molecule has 0 radical (unpaired) electrons. The maximum Gasteiger partial charge on any atom is 0.266 e. The summed E-state index contributed by atoms with van der Waals surface area (Å²) in [6, 6.07) is 22.7. The summed E-state index contributed by atoms with van der Waals surface area (Å²) in [7, 11) is 0. The Labute approximate surface area is 204 Å². The minimum absolute atomic E-state index is 0.0295. The zero-order valence-electron chi connectivity index (χ0n) is 16.6. The molecule has 2 amide bonds. The van der Waals surface area contributed by atoms with Gasteiger partial charge in [-0.3, -0.25) is 9.59 Å². The fourth-order valence-corrected chi connectivity index (χ4v) is 3.17. The van der Waals surface area contributed by atoms with E-state index in [9.17, 15) is 14.9 Å². The summed E-state index contributed by atoms with van der Waals surface area (Å²) in [6.45, 7) is -0.177. The van der Waals surface area contributed by atoms with Crippen LogP contribution >= 0.6 is 34.2 Å². The number of ether oxygens (including phenoxy) is 1. The minimum Gasteiger partial charge on any atom is -0.484 e. The van der Waals surface area contributed by atoms with E-state index in [0.29, 0.717) is 27.7 Å². The van der Waals surface area contributed by atoms with Gasteiger partial charge in [0.2, 0.25) is 0 Å². The number of nitriles is 1. The van der Waals surface area contributed by atoms with Crippen molar-refractivity contribution >= 4 is 63.5 Å². The molecule has 160 valence electrons. The number of anilines is 2. The molecule has 0 aromatic heterocycles. The summed E-state index contributed by atoms with van der Waals surface area (Å²) >= 11 is 8.07. The third-order valence-electron chi connectivity index (χ3n) is 4.14. The van der Waals surface area contributed by atoms with Gasteiger partial charge < -0.3 is 15.4 Å². The Morgan fingerprint density at radius 1 is 1.00 bits per heavy atom. The average molecular weight is 558 g/mol. The van der Waals surface area contributed by atoms with Crippen LogP contribution in [0.1, 0.15) is 5.56 Å². The lowest BCUT2D eigenvalue weighted by molar-refractivity contribution is -0.118. The SMILES string of the molecule is N#C/C(=C/c1ccc(OCC(=O)Nc2cccc(Cl)c2)cc1)C(=O)Nc1ccc(I)cc1. The maximum atomic E-state index is 12.4. The maximum absolute atomic E-state index is 12.4. The van der Waals surface area contributed by atoms with E-state index in [-0.39, 0.29) is 18.1 Å². The van der Waals surface area contributed by atoms with Crippen molar-refractivity contribution in [2.24, 2.45) is 0 Å². The lowest BCUT2D eigenvalue weighted by Crippen LogP contribution is -2.20. The Hall–Kier alpha value is -3.35. The van der Waals surface area contributed by atoms with Crippen molar-refractivity contribution in [3.05, 3.63) is 92.5 Å². The van der Waals surface area contributed by atoms with Crippen LogP contribution in [0.15, 0.2) is 78.4 Å². The molecule has 0 spiro atoms. The van der Waals surface area contributed by atoms with Crippen LogP contribution in [-0.4, -0.2) is 18.4 Å². The lowest BCUT2D eigenvalue weighted by Gasteiger charge is -2.08. The quantitative estimate of drug-likeness (QED) is 0.228. The first-order valence-corrected chi connectivity index (χ1v) is 10.9. The summed E-state index contributed by atoms with van der Waals surface area (Å²) in [5.41, 5.74) is 1.81. The Morgan fingerprint density at radius 3 is 2.38 bits per heavy atom. The molecule has 0 aliphatic heterocycles. The molecule has 0 saturated heterocycles. The number of hydrogen-bond acceptors (Lipinski definition) is 4. The highest BCUT2D eigenvalue weighted by molar-refractivity contribution is 14.1. The second-order valence-corrected chi connectivity index (χ2v) is 8.23. The van der Waals surface area contributed by atoms with E-state index < -0.39 is 5.91 Å². The molecule has 3 rings (SSSR count). The summed E-state index contributed by atoms with van der Waals surface area (Å²) in [4.78, 5) is 24.4. The molecule has 32 heavy (non-hydrogen) atoms. The van der Waals surface area contributed by atoms with Crippen LogP contribution in [0.4, 0.5) is 11.4 Å². The van der Waals surface area contributed by atoms with Crippen LogP contribution in [0.2, 0.25) is 5.02 Å². The molecule has 8 heteroatoms. The molecule has 3 aromatic rings. The van der Waals surface area contributed by atoms with E-state index in [0.717, 1.165) is 3.57 Å². The predicted molar refractivity (Wildman–Crippen MR) is 133 cm³/mol. The molecule has 2 N–H and O–H groups in total. The monoisotopic (exact) mass is 557 g/mol. The second-order valence-electron chi connectivity index (χ2n) is 6.55. The van der Waals surface area contributed by atoms with Gasteiger partial charge in [0.05, 0.1) is 0 Å². The number of rotatable bonds is 7. The van der Waals surface area contributed by atoms with Crippen molar-refractivity contribution < 1.29 is 14.3 Å². The number of hydrogen-bond donors (Lipinski definition) is 2. The van der Waals surface area contributed by atoms with Gasteiger partial charge in [0.25, 0.3) is 11.8 Å². The fraction of sp³-hybridized carbons (Fsp3) is 0.0417. The zero-order valence-corrected chi connectivity index (χ0v) is 19.6. The van der Waals surface area contributed by atoms with Crippen molar-refractivity contribution in [2.45, 2.75) is 0 Å². The van der Waals surface area contributed by atoms with Crippen LogP contribution in [0.5, 0.6) is 5.75 Å². The molecule has 0 aliphatic carbocycles. The summed E-state index contributed by atoms with van der Waals surface area (Å²) in [5, 5.41) is 15.3. The highest BCUT2D eigenvalue weighted by atomic mass is 127. The molecule has 0 atom stereocenters. The molecule has 0 aliphatic rings. The predicted octanol–water partition coefficient (Wildman–Crippen LogP) is 5.51. The summed E-state index contributed by atoms with van der Waals surface area (Å²) < 4.78 is 6.52. The van der Waals surface area contributed by atoms with Crippen molar-refractivity contribution in [1.29, 1.82) is 5.26 Å². The Kier molecular flexibility index (Phi) is 8.25. The number of nitrogens with zero attached hydrogens (tertiary/aromatic N) is 1. The average Bonchev–Trinajstić information content (AvgIpc) is 2.78. The lowest BCUT2D eigenvalue weighted by atomic mass is 10.1. The highest BCUT2D eigenvalue weighted by Crippen LogP contribution is 2.17. The van der Waals surface area contributed by atoms with Gasteiger partial charge in [0.1, 0.15) is 17.4 Å². The first-order chi connectivity index (χ1) is 15.4. The van der Waals surface area contributed by atoms with E-state index in [4.69, 9.17) is 16.3 Å². The third kappa shape index (κ3) is 7.11. The van der Waals surface area contributed by atoms with Crippen molar-refractivity contribution in [1.82, 2.24) is 0 Å². The van der Waals surface area contributed by atoms with Gasteiger partial charge >= 0.3 is 0 Å². The standard InChI is InChI=1S/C24H17ClIN3O3/c25-18-2-1-3-21(13-18)28-23(30)15-32-22-10-4-16(5-11-22)12-17(14-27)24(31)29-20-8-6-19(26)7-9-20/h1-13H,15H2,(H,28,30)(H,29,31)/b17-12-. The number of nitrogens with one attached hydrogen (secondary N) is 2. The van der Waals surface area contributed by atoms with E-state index in [1.54, 1.807) is 60.7 Å². The highest BCUT2D eigenvalue weighted by Gasteiger charge is 2.10. The van der Waals surface area contributed by atoms with Crippen LogP contribution in [0, 0.1) is 14.9 Å². The number of carbonyl (C=O) groups excluding carboxylic acids is 2. The third-order valence-corrected chi connectivity index (χ3v) is 5.09. The van der Waals surface area contributed by atoms with Gasteiger partial charge in [-0.15, -0.1) is 0 Å². The van der Waals surface area contributed by atoms with Gasteiger partial charge in [-0.2, -0.15) is 5.26 Å². The van der Waals surface area contributed by atoms with Gasteiger partial charge in [-0.05, 0) is 88.8 Å². The van der Waals surface area contributed by atoms with Crippen LogP contribution in [0.25, 0.3) is 6.08 Å². The Balaban J connectivity index is 1.57. The van der Waals surface area contributed by atoms with Crippen LogP contribution in [0.3, 0.4) is 0 Å². The van der Waals surface area contributed by atoms with Crippen molar-refractivity contribution in [3.8, 4) is 11.8 Å². The van der Waals surface area contributed by atoms with Crippen LogP contribution in [-0.2, 0) is 9.59 Å². The number of benzene rings is 3. The number of halogens is 2. The van der Waals surface area contributed by atoms with Gasteiger partial charge in [0.15, 0.2) is 6.61 Å². The smallest absolute Gasteiger partial charge is 0.266 e.